The summed E-state index contributed by atoms with van der Waals surface area (Å²) in [6.45, 7) is 1.40. The summed E-state index contributed by atoms with van der Waals surface area (Å²) in [5.74, 6) is 1.54. The molecule has 0 aliphatic rings. The Bertz CT molecular complexity index is 455. The number of guanidine groups is 1. The highest BCUT2D eigenvalue weighted by Crippen LogP contribution is 2.18. The summed E-state index contributed by atoms with van der Waals surface area (Å²) in [6, 6.07) is 5.26. The van der Waals surface area contributed by atoms with Crippen molar-refractivity contribution in [1.82, 2.24) is 10.6 Å². The molecule has 0 atom stereocenters. The van der Waals surface area contributed by atoms with E-state index in [-0.39, 0.29) is 29.8 Å². The van der Waals surface area contributed by atoms with E-state index in [1.54, 1.807) is 35.8 Å². The van der Waals surface area contributed by atoms with Crippen molar-refractivity contribution in [3.63, 3.8) is 0 Å². The van der Waals surface area contributed by atoms with Gasteiger partial charge in [0.05, 0.1) is 5.69 Å². The molecule has 2 N–H and O–H groups in total. The first-order chi connectivity index (χ1) is 9.58. The Morgan fingerprint density at radius 2 is 2.05 bits per heavy atom. The average Bonchev–Trinajstić information content (AvgIpc) is 2.42. The van der Waals surface area contributed by atoms with Gasteiger partial charge in [-0.15, -0.1) is 24.0 Å². The van der Waals surface area contributed by atoms with Crippen molar-refractivity contribution < 1.29 is 4.39 Å². The molecule has 0 radical (unpaired) electrons. The molecule has 120 valence electrons. The Hall–Kier alpha value is -0.700. The van der Waals surface area contributed by atoms with Crippen molar-refractivity contribution in [2.24, 2.45) is 4.99 Å². The number of anilines is 1. The van der Waals surface area contributed by atoms with E-state index < -0.39 is 0 Å². The Labute approximate surface area is 148 Å². The lowest BCUT2D eigenvalue weighted by Gasteiger charge is -2.15. The molecule has 1 aromatic carbocycles. The molecule has 0 saturated heterocycles. The van der Waals surface area contributed by atoms with Crippen LogP contribution in [0.3, 0.4) is 0 Å². The van der Waals surface area contributed by atoms with Crippen LogP contribution in [0.25, 0.3) is 0 Å². The van der Waals surface area contributed by atoms with Crippen LogP contribution >= 0.6 is 35.7 Å². The van der Waals surface area contributed by atoms with E-state index in [0.717, 1.165) is 23.8 Å². The van der Waals surface area contributed by atoms with Crippen LogP contribution in [0.2, 0.25) is 0 Å². The van der Waals surface area contributed by atoms with Gasteiger partial charge in [-0.25, -0.2) is 4.39 Å². The van der Waals surface area contributed by atoms with Crippen molar-refractivity contribution in [2.75, 3.05) is 44.6 Å². The van der Waals surface area contributed by atoms with E-state index in [9.17, 15) is 4.39 Å². The number of rotatable bonds is 6. The fraction of sp³-hybridized carbons (Fsp3) is 0.500. The number of nitrogens with one attached hydrogen (secondary N) is 2. The molecule has 0 aromatic heterocycles. The fourth-order valence-corrected chi connectivity index (χ4v) is 2.01. The molecule has 4 nitrogen and oxygen atoms in total. The fourth-order valence-electron chi connectivity index (χ4n) is 1.70. The highest BCUT2D eigenvalue weighted by molar-refractivity contribution is 14.0. The second kappa shape index (κ2) is 10.9. The van der Waals surface area contributed by atoms with E-state index in [1.807, 2.05) is 20.2 Å². The van der Waals surface area contributed by atoms with Crippen molar-refractivity contribution in [3.8, 4) is 0 Å². The van der Waals surface area contributed by atoms with Crippen LogP contribution in [0.1, 0.15) is 5.56 Å². The van der Waals surface area contributed by atoms with Gasteiger partial charge in [0.2, 0.25) is 0 Å². The van der Waals surface area contributed by atoms with Gasteiger partial charge in [0.1, 0.15) is 5.82 Å². The second-order valence-electron chi connectivity index (χ2n) is 4.53. The number of hydrogen-bond donors (Lipinski definition) is 2. The molecule has 0 aliphatic carbocycles. The Morgan fingerprint density at radius 1 is 1.33 bits per heavy atom. The zero-order valence-corrected chi connectivity index (χ0v) is 16.1. The standard InChI is InChI=1S/C14H23FN4S.HI/c1-16-14(17-7-8-20-4)18-10-11-5-6-13(19(2)3)12(15)9-11;/h5-6,9H,7-8,10H2,1-4H3,(H2,16,17,18);1H. The van der Waals surface area contributed by atoms with E-state index in [1.165, 1.54) is 0 Å². The first kappa shape index (κ1) is 20.3. The number of hydrogen-bond acceptors (Lipinski definition) is 3. The summed E-state index contributed by atoms with van der Waals surface area (Å²) in [5.41, 5.74) is 1.48. The molecule has 0 amide bonds. The van der Waals surface area contributed by atoms with E-state index in [4.69, 9.17) is 0 Å². The minimum atomic E-state index is -0.209. The molecule has 0 spiro atoms. The quantitative estimate of drug-likeness (QED) is 0.318. The van der Waals surface area contributed by atoms with Crippen LogP contribution in [-0.2, 0) is 6.54 Å². The van der Waals surface area contributed by atoms with Gasteiger partial charge in [-0.05, 0) is 24.0 Å². The van der Waals surface area contributed by atoms with Crippen LogP contribution < -0.4 is 15.5 Å². The lowest BCUT2D eigenvalue weighted by atomic mass is 10.2. The molecule has 0 unspecified atom stereocenters. The van der Waals surface area contributed by atoms with Crippen molar-refractivity contribution >= 4 is 47.4 Å². The van der Waals surface area contributed by atoms with Crippen LogP contribution in [0.4, 0.5) is 10.1 Å². The van der Waals surface area contributed by atoms with Crippen molar-refractivity contribution in [3.05, 3.63) is 29.6 Å². The van der Waals surface area contributed by atoms with Gasteiger partial charge < -0.3 is 15.5 Å². The third-order valence-corrected chi connectivity index (χ3v) is 3.39. The maximum Gasteiger partial charge on any atom is 0.191 e. The maximum atomic E-state index is 13.8. The largest absolute Gasteiger partial charge is 0.375 e. The predicted molar refractivity (Wildman–Crippen MR) is 103 cm³/mol. The third-order valence-electron chi connectivity index (χ3n) is 2.78. The number of thioether (sulfide) groups is 1. The van der Waals surface area contributed by atoms with Crippen LogP contribution in [0.5, 0.6) is 0 Å². The number of halogens is 2. The topological polar surface area (TPSA) is 39.7 Å². The molecule has 1 aromatic rings. The maximum absolute atomic E-state index is 13.8. The summed E-state index contributed by atoms with van der Waals surface area (Å²) in [7, 11) is 5.38. The van der Waals surface area contributed by atoms with Gasteiger partial charge in [0.25, 0.3) is 0 Å². The van der Waals surface area contributed by atoms with Gasteiger partial charge in [-0.3, -0.25) is 4.99 Å². The molecular formula is C14H24FIN4S. The normalized spacial score (nSPS) is 10.8. The summed E-state index contributed by atoms with van der Waals surface area (Å²) < 4.78 is 13.8. The van der Waals surface area contributed by atoms with Crippen LogP contribution in [0, 0.1) is 5.82 Å². The van der Waals surface area contributed by atoms with Gasteiger partial charge in [-0.1, -0.05) is 6.07 Å². The summed E-state index contributed by atoms with van der Waals surface area (Å²) in [4.78, 5) is 5.89. The highest BCUT2D eigenvalue weighted by Gasteiger charge is 2.05. The highest BCUT2D eigenvalue weighted by atomic mass is 127. The minimum absolute atomic E-state index is 0. The molecule has 0 heterocycles. The van der Waals surface area contributed by atoms with Crippen LogP contribution in [0.15, 0.2) is 23.2 Å². The first-order valence-electron chi connectivity index (χ1n) is 6.47. The smallest absolute Gasteiger partial charge is 0.191 e. The van der Waals surface area contributed by atoms with Gasteiger partial charge in [0.15, 0.2) is 5.96 Å². The number of nitrogens with zero attached hydrogens (tertiary/aromatic N) is 2. The van der Waals surface area contributed by atoms with Crippen molar-refractivity contribution in [2.45, 2.75) is 6.54 Å². The first-order valence-corrected chi connectivity index (χ1v) is 7.87. The van der Waals surface area contributed by atoms with E-state index in [2.05, 4.69) is 21.9 Å². The third kappa shape index (κ3) is 7.21. The van der Waals surface area contributed by atoms with Gasteiger partial charge in [-0.2, -0.15) is 11.8 Å². The van der Waals surface area contributed by atoms with E-state index in [0.29, 0.717) is 12.2 Å². The molecule has 7 heteroatoms. The van der Waals surface area contributed by atoms with Gasteiger partial charge in [0, 0.05) is 40.0 Å². The summed E-state index contributed by atoms with van der Waals surface area (Å²) in [6.07, 6.45) is 2.06. The Kier molecular flexibility index (Phi) is 10.6. The lowest BCUT2D eigenvalue weighted by molar-refractivity contribution is 0.623. The Balaban J connectivity index is 0.00000400. The molecular weight excluding hydrogens is 402 g/mol. The zero-order valence-electron chi connectivity index (χ0n) is 12.9. The second-order valence-corrected chi connectivity index (χ2v) is 5.51. The predicted octanol–water partition coefficient (Wildman–Crippen LogP) is 2.54. The van der Waals surface area contributed by atoms with Crippen molar-refractivity contribution in [1.29, 1.82) is 0 Å². The van der Waals surface area contributed by atoms with E-state index >= 15 is 0 Å². The average molecular weight is 426 g/mol. The molecule has 0 saturated carbocycles. The Morgan fingerprint density at radius 3 is 2.57 bits per heavy atom. The number of aliphatic imine (C=N–C) groups is 1. The van der Waals surface area contributed by atoms with Crippen LogP contribution in [-0.4, -0.2) is 45.7 Å². The monoisotopic (exact) mass is 426 g/mol. The summed E-state index contributed by atoms with van der Waals surface area (Å²) in [5, 5.41) is 6.37. The SMILES string of the molecule is CN=C(NCCSC)NCc1ccc(N(C)C)c(F)c1.I. The molecule has 21 heavy (non-hydrogen) atoms. The molecule has 0 bridgehead atoms. The molecule has 0 fully saturated rings. The molecule has 0 aliphatic heterocycles. The lowest BCUT2D eigenvalue weighted by Crippen LogP contribution is -2.37. The minimum Gasteiger partial charge on any atom is -0.375 e. The summed E-state index contributed by atoms with van der Waals surface area (Å²) >= 11 is 1.78. The number of benzene rings is 1. The van der Waals surface area contributed by atoms with Gasteiger partial charge >= 0.3 is 0 Å². The molecule has 1 rings (SSSR count). The zero-order chi connectivity index (χ0) is 15.0.